The number of ether oxygens (including phenoxy) is 1. The van der Waals surface area contributed by atoms with Crippen molar-refractivity contribution in [3.63, 3.8) is 0 Å². The van der Waals surface area contributed by atoms with Crippen LogP contribution in [0.1, 0.15) is 30.0 Å². The zero-order valence-corrected chi connectivity index (χ0v) is 32.3. The second-order valence-corrected chi connectivity index (χ2v) is 16.1. The summed E-state index contributed by atoms with van der Waals surface area (Å²) in [6, 6.07) is 3.90. The molecule has 296 valence electrons. The molecule has 6 unspecified atom stereocenters. The van der Waals surface area contributed by atoms with Crippen LogP contribution in [0.4, 0.5) is 46.6 Å². The Hall–Kier alpha value is -3.95. The molecule has 1 aromatic heterocycles. The van der Waals surface area contributed by atoms with E-state index in [0.29, 0.717) is 16.1 Å². The van der Waals surface area contributed by atoms with Crippen LogP contribution in [0.5, 0.6) is 11.5 Å². The van der Waals surface area contributed by atoms with E-state index < -0.39 is 122 Å². The minimum Gasteiger partial charge on any atom is -0.504 e. The second-order valence-electron chi connectivity index (χ2n) is 13.3. The predicted octanol–water partition coefficient (Wildman–Crippen LogP) is 7.38. The maximum absolute atomic E-state index is 15.3. The number of phenolic OH excluding ortho intramolecular Hbond substituents is 1. The summed E-state index contributed by atoms with van der Waals surface area (Å²) in [6.45, 7) is 0. The van der Waals surface area contributed by atoms with Crippen molar-refractivity contribution >= 4 is 92.5 Å². The largest absolute Gasteiger partial charge is 0.504 e. The van der Waals surface area contributed by atoms with Gasteiger partial charge in [0.2, 0.25) is 5.82 Å². The molecule has 0 radical (unpaired) electrons. The van der Waals surface area contributed by atoms with E-state index in [-0.39, 0.29) is 36.8 Å². The molecule has 0 spiro atoms. The Labute approximate surface area is 338 Å². The van der Waals surface area contributed by atoms with Crippen LogP contribution in [0, 0.1) is 50.4 Å². The molecule has 10 nitrogen and oxygen atoms in total. The topological polar surface area (TPSA) is 120 Å². The lowest BCUT2D eigenvalue weighted by Gasteiger charge is -2.50. The molecule has 2 aliphatic carbocycles. The SMILES string of the molecule is COc1cc(C2C3=CCC4C(=O)N(N(C)c5nc(C(F)(F)F)ccc5Cl)C(=O)C4C3CC3(Cl)C(=O)N(c4c(F)c(F)c(F)c(F)c4F)C(=O)C23Cl)cc(I)c1O. The maximum Gasteiger partial charge on any atom is 0.433 e. The van der Waals surface area contributed by atoms with Crippen LogP contribution in [-0.4, -0.2) is 62.6 Å². The Morgan fingerprint density at radius 2 is 1.55 bits per heavy atom. The Bertz CT molecular complexity index is 2330. The molecule has 56 heavy (non-hydrogen) atoms. The number of hydrogen-bond donors (Lipinski definition) is 1. The highest BCUT2D eigenvalue weighted by Crippen LogP contribution is 2.66. The number of aromatic nitrogens is 1. The number of fused-ring (bicyclic) bond motifs is 4. The van der Waals surface area contributed by atoms with E-state index >= 15 is 8.78 Å². The highest BCUT2D eigenvalue weighted by molar-refractivity contribution is 14.1. The zero-order chi connectivity index (χ0) is 41.3. The summed E-state index contributed by atoms with van der Waals surface area (Å²) in [6.07, 6.45) is -4.66. The third kappa shape index (κ3) is 5.35. The van der Waals surface area contributed by atoms with E-state index in [9.17, 15) is 50.6 Å². The summed E-state index contributed by atoms with van der Waals surface area (Å²) in [5, 5.41) is 11.5. The maximum atomic E-state index is 15.3. The number of pyridine rings is 1. The van der Waals surface area contributed by atoms with Crippen LogP contribution >= 0.6 is 57.4 Å². The van der Waals surface area contributed by atoms with E-state index in [1.165, 1.54) is 25.3 Å². The van der Waals surface area contributed by atoms with Gasteiger partial charge in [-0.3, -0.25) is 24.2 Å². The Morgan fingerprint density at radius 3 is 2.14 bits per heavy atom. The fraction of sp³-hybridized carbons (Fsp3) is 0.324. The van der Waals surface area contributed by atoms with Gasteiger partial charge in [0.15, 0.2) is 50.3 Å². The first-order valence-corrected chi connectivity index (χ1v) is 18.2. The molecule has 1 N–H and O–H groups in total. The first-order chi connectivity index (χ1) is 26.0. The van der Waals surface area contributed by atoms with Crippen molar-refractivity contribution in [1.29, 1.82) is 0 Å². The molecule has 0 bridgehead atoms. The van der Waals surface area contributed by atoms with Crippen LogP contribution in [0.15, 0.2) is 35.9 Å². The zero-order valence-electron chi connectivity index (χ0n) is 27.9. The molecule has 2 aromatic carbocycles. The summed E-state index contributed by atoms with van der Waals surface area (Å²) in [4.78, 5) is 54.7. The van der Waals surface area contributed by atoms with Gasteiger partial charge in [-0.1, -0.05) is 23.3 Å². The van der Waals surface area contributed by atoms with E-state index in [0.717, 1.165) is 13.1 Å². The number of nitrogens with zero attached hydrogens (tertiary/aromatic N) is 4. The van der Waals surface area contributed by atoms with Crippen LogP contribution in [0.2, 0.25) is 5.02 Å². The number of allylic oxidation sites excluding steroid dienone is 2. The van der Waals surface area contributed by atoms with Crippen LogP contribution in [0.25, 0.3) is 0 Å². The van der Waals surface area contributed by atoms with Gasteiger partial charge in [-0.05, 0) is 71.2 Å². The summed E-state index contributed by atoms with van der Waals surface area (Å²) in [5.74, 6) is -25.2. The van der Waals surface area contributed by atoms with Crippen molar-refractivity contribution < 1.29 is 64.1 Å². The third-order valence-corrected chi connectivity index (χ3v) is 13.1. The fourth-order valence-corrected chi connectivity index (χ4v) is 9.83. The molecule has 4 aliphatic rings. The van der Waals surface area contributed by atoms with Gasteiger partial charge in [0.25, 0.3) is 23.6 Å². The number of methoxy groups -OCH3 is 1. The van der Waals surface area contributed by atoms with Crippen molar-refractivity contribution in [2.45, 2.75) is 34.7 Å². The number of amides is 4. The Balaban J connectivity index is 1.41. The number of rotatable bonds is 5. The number of halogens is 12. The molecule has 3 heterocycles. The standard InChI is InChI=1S/C34H20Cl3F8IN4O6/c1-48(27-14(35)5-6-17(47-27)34(43,44)45)50-28(52)12-4-3-11-13(18(12)29(50)53)9-32(36)30(54)49(25-23(41)21(39)20(38)22(40)24(25)42)31(55)33(32,37)19(11)10-7-15(46)26(51)16(8-10)56-2/h3,5-8,12-13,18-19,51H,4,9H2,1-2H3. The number of phenols is 1. The lowest BCUT2D eigenvalue weighted by atomic mass is 9.56. The smallest absolute Gasteiger partial charge is 0.433 e. The molecule has 22 heteroatoms. The number of alkyl halides is 5. The molecule has 7 rings (SSSR count). The molecule has 3 fully saturated rings. The van der Waals surface area contributed by atoms with Gasteiger partial charge in [0.1, 0.15) is 11.4 Å². The van der Waals surface area contributed by atoms with Crippen molar-refractivity contribution in [2.75, 3.05) is 24.1 Å². The van der Waals surface area contributed by atoms with E-state index in [4.69, 9.17) is 39.5 Å². The van der Waals surface area contributed by atoms with E-state index in [2.05, 4.69) is 4.98 Å². The molecular formula is C34H20Cl3F8IN4O6. The Morgan fingerprint density at radius 1 is 0.946 bits per heavy atom. The molecule has 3 aromatic rings. The Kier molecular flexibility index (Phi) is 9.56. The summed E-state index contributed by atoms with van der Waals surface area (Å²) in [5.41, 5.74) is -3.33. The van der Waals surface area contributed by atoms with Crippen LogP contribution in [-0.2, 0) is 25.4 Å². The highest BCUT2D eigenvalue weighted by Gasteiger charge is 2.77. The summed E-state index contributed by atoms with van der Waals surface area (Å²) in [7, 11) is 2.22. The normalized spacial score (nSPS) is 27.4. The van der Waals surface area contributed by atoms with E-state index in [1.54, 1.807) is 22.6 Å². The quantitative estimate of drug-likeness (QED) is 0.0536. The average Bonchev–Trinajstić information content (AvgIpc) is 3.48. The number of hydrogen-bond acceptors (Lipinski definition) is 8. The van der Waals surface area contributed by atoms with Crippen LogP contribution in [0.3, 0.4) is 0 Å². The molecule has 2 saturated heterocycles. The lowest BCUT2D eigenvalue weighted by molar-refractivity contribution is -0.141. The van der Waals surface area contributed by atoms with Gasteiger partial charge in [0, 0.05) is 13.0 Å². The molecular weight excluding hydrogens is 946 g/mol. The van der Waals surface area contributed by atoms with Gasteiger partial charge in [0.05, 0.1) is 27.5 Å². The highest BCUT2D eigenvalue weighted by atomic mass is 127. The van der Waals surface area contributed by atoms with Crippen molar-refractivity contribution in [1.82, 2.24) is 9.99 Å². The van der Waals surface area contributed by atoms with Gasteiger partial charge in [-0.15, -0.1) is 23.2 Å². The number of hydrazine groups is 1. The van der Waals surface area contributed by atoms with Gasteiger partial charge >= 0.3 is 6.18 Å². The monoisotopic (exact) mass is 964 g/mol. The number of imide groups is 2. The number of carbonyl (C=O) groups is 4. The summed E-state index contributed by atoms with van der Waals surface area (Å²) >= 11 is 22.1. The first-order valence-electron chi connectivity index (χ1n) is 15.9. The average molecular weight is 966 g/mol. The summed E-state index contributed by atoms with van der Waals surface area (Å²) < 4.78 is 120. The minimum atomic E-state index is -4.95. The molecule has 2 aliphatic heterocycles. The van der Waals surface area contributed by atoms with Crippen molar-refractivity contribution in [3.05, 3.63) is 84.9 Å². The first kappa shape index (κ1) is 40.3. The second kappa shape index (κ2) is 13.3. The molecule has 4 amide bonds. The van der Waals surface area contributed by atoms with Crippen LogP contribution < -0.4 is 14.6 Å². The molecule has 1 saturated carbocycles. The molecule has 6 atom stereocenters. The van der Waals surface area contributed by atoms with Gasteiger partial charge < -0.3 is 9.84 Å². The van der Waals surface area contributed by atoms with Gasteiger partial charge in [-0.2, -0.15) is 18.2 Å². The third-order valence-electron chi connectivity index (χ3n) is 10.5. The number of aromatic hydroxyl groups is 1. The van der Waals surface area contributed by atoms with Gasteiger partial charge in [-0.25, -0.2) is 31.8 Å². The number of benzene rings is 2. The number of anilines is 2. The predicted molar refractivity (Wildman–Crippen MR) is 188 cm³/mol. The fourth-order valence-electron chi connectivity index (χ4n) is 8.05. The van der Waals surface area contributed by atoms with Crippen molar-refractivity contribution in [3.8, 4) is 11.5 Å². The minimum absolute atomic E-state index is 0.0374. The van der Waals surface area contributed by atoms with Crippen molar-refractivity contribution in [2.24, 2.45) is 17.8 Å². The lowest BCUT2D eigenvalue weighted by Crippen LogP contribution is -2.60. The number of carbonyl (C=O) groups excluding carboxylic acids is 4. The van der Waals surface area contributed by atoms with E-state index in [1.807, 2.05) is 0 Å².